The summed E-state index contributed by atoms with van der Waals surface area (Å²) in [7, 11) is 0. The van der Waals surface area contributed by atoms with Crippen molar-refractivity contribution in [1.82, 2.24) is 19.9 Å². The fraction of sp³-hybridized carbons (Fsp3) is 0.353. The number of nitrogens with two attached hydrogens (primary N) is 1. The van der Waals surface area contributed by atoms with Gasteiger partial charge in [-0.05, 0) is 12.1 Å². The van der Waals surface area contributed by atoms with Gasteiger partial charge in [0.05, 0.1) is 31.1 Å². The van der Waals surface area contributed by atoms with Gasteiger partial charge in [-0.2, -0.15) is 0 Å². The van der Waals surface area contributed by atoms with Crippen LogP contribution < -0.4 is 10.6 Å². The van der Waals surface area contributed by atoms with E-state index in [0.717, 1.165) is 30.0 Å². The normalized spacial score (nSPS) is 20.0. The van der Waals surface area contributed by atoms with Gasteiger partial charge in [-0.3, -0.25) is 4.99 Å². The van der Waals surface area contributed by atoms with Gasteiger partial charge in [0.25, 0.3) is 0 Å². The standard InChI is InChI=1S/C17H19N7O/c18-16-20-10-13(11-21-16)15-8-14(12-2-1-3-19-9-12)22-17(23-15)24-4-6-25-7-5-24/h1-3,8,10-12H,4-7,9H2,(H2,18,20,21). The summed E-state index contributed by atoms with van der Waals surface area (Å²) in [4.78, 5) is 24.2. The lowest BCUT2D eigenvalue weighted by Crippen LogP contribution is -2.37. The summed E-state index contributed by atoms with van der Waals surface area (Å²) in [6.45, 7) is 3.61. The summed E-state index contributed by atoms with van der Waals surface area (Å²) >= 11 is 0. The van der Waals surface area contributed by atoms with Gasteiger partial charge in [0, 0.05) is 43.2 Å². The van der Waals surface area contributed by atoms with Crippen LogP contribution in [0.4, 0.5) is 11.9 Å². The van der Waals surface area contributed by atoms with E-state index in [9.17, 15) is 0 Å². The van der Waals surface area contributed by atoms with Gasteiger partial charge in [0.2, 0.25) is 11.9 Å². The van der Waals surface area contributed by atoms with E-state index in [1.165, 1.54) is 0 Å². The molecule has 8 heteroatoms. The fourth-order valence-electron chi connectivity index (χ4n) is 2.84. The van der Waals surface area contributed by atoms with Crippen LogP contribution >= 0.6 is 0 Å². The average Bonchev–Trinajstić information content (AvgIpc) is 2.69. The van der Waals surface area contributed by atoms with Gasteiger partial charge in [0.1, 0.15) is 0 Å². The van der Waals surface area contributed by atoms with Crippen LogP contribution in [0.15, 0.2) is 35.6 Å². The second kappa shape index (κ2) is 6.94. The monoisotopic (exact) mass is 337 g/mol. The van der Waals surface area contributed by atoms with E-state index in [-0.39, 0.29) is 11.9 Å². The molecule has 2 aliphatic heterocycles. The van der Waals surface area contributed by atoms with Crippen LogP contribution in [0.3, 0.4) is 0 Å². The van der Waals surface area contributed by atoms with Crippen LogP contribution in [-0.4, -0.2) is 59.0 Å². The SMILES string of the molecule is Nc1ncc(-c2cc(C3C=CC=NC3)nc(N3CCOCC3)n2)cn1. The number of nitrogen functional groups attached to an aromatic ring is 1. The van der Waals surface area contributed by atoms with E-state index in [1.807, 2.05) is 18.4 Å². The van der Waals surface area contributed by atoms with E-state index in [0.29, 0.717) is 25.7 Å². The van der Waals surface area contributed by atoms with Crippen LogP contribution in [0.5, 0.6) is 0 Å². The maximum absolute atomic E-state index is 5.60. The highest BCUT2D eigenvalue weighted by Crippen LogP contribution is 2.26. The summed E-state index contributed by atoms with van der Waals surface area (Å²) in [5.41, 5.74) is 8.14. The molecule has 1 saturated heterocycles. The van der Waals surface area contributed by atoms with Crippen molar-refractivity contribution >= 4 is 18.1 Å². The van der Waals surface area contributed by atoms with Crippen molar-refractivity contribution in [3.63, 3.8) is 0 Å². The Bertz CT molecular complexity index is 797. The molecule has 2 aromatic heterocycles. The van der Waals surface area contributed by atoms with Crippen molar-refractivity contribution in [2.75, 3.05) is 43.5 Å². The summed E-state index contributed by atoms with van der Waals surface area (Å²) in [6.07, 6.45) is 9.26. The molecule has 0 aliphatic carbocycles. The minimum absolute atomic E-state index is 0.140. The molecule has 0 bridgehead atoms. The molecular formula is C17H19N7O. The molecule has 2 aromatic rings. The molecule has 0 spiro atoms. The van der Waals surface area contributed by atoms with E-state index in [1.54, 1.807) is 12.4 Å². The summed E-state index contributed by atoms with van der Waals surface area (Å²) in [5.74, 6) is 1.09. The summed E-state index contributed by atoms with van der Waals surface area (Å²) < 4.78 is 5.43. The lowest BCUT2D eigenvalue weighted by atomic mass is 10.0. The molecular weight excluding hydrogens is 318 g/mol. The molecule has 128 valence electrons. The van der Waals surface area contributed by atoms with Gasteiger partial charge < -0.3 is 15.4 Å². The maximum Gasteiger partial charge on any atom is 0.226 e. The van der Waals surface area contributed by atoms with Crippen molar-refractivity contribution < 1.29 is 4.74 Å². The lowest BCUT2D eigenvalue weighted by Gasteiger charge is -2.28. The Balaban J connectivity index is 1.75. The molecule has 2 aliphatic rings. The number of aliphatic imine (C=N–C) groups is 1. The first kappa shape index (κ1) is 15.6. The number of hydrogen-bond donors (Lipinski definition) is 1. The zero-order chi connectivity index (χ0) is 17.1. The number of morpholine rings is 1. The quantitative estimate of drug-likeness (QED) is 0.894. The molecule has 0 aromatic carbocycles. The first-order valence-electron chi connectivity index (χ1n) is 8.26. The van der Waals surface area contributed by atoms with Crippen LogP contribution in [0.2, 0.25) is 0 Å². The number of allylic oxidation sites excluding steroid dienone is 1. The number of aromatic nitrogens is 4. The third-order valence-electron chi connectivity index (χ3n) is 4.21. The Morgan fingerprint density at radius 2 is 1.92 bits per heavy atom. The van der Waals surface area contributed by atoms with Crippen molar-refractivity contribution in [3.05, 3.63) is 36.3 Å². The summed E-state index contributed by atoms with van der Waals surface area (Å²) in [5, 5.41) is 0. The predicted octanol–water partition coefficient (Wildman–Crippen LogP) is 1.08. The van der Waals surface area contributed by atoms with Gasteiger partial charge in [-0.1, -0.05) is 6.08 Å². The highest BCUT2D eigenvalue weighted by atomic mass is 16.5. The van der Waals surface area contributed by atoms with Gasteiger partial charge in [-0.25, -0.2) is 19.9 Å². The molecule has 4 heterocycles. The third-order valence-corrected chi connectivity index (χ3v) is 4.21. The van der Waals surface area contributed by atoms with Crippen molar-refractivity contribution in [2.24, 2.45) is 4.99 Å². The second-order valence-corrected chi connectivity index (χ2v) is 5.91. The Hall–Kier alpha value is -2.87. The zero-order valence-electron chi connectivity index (χ0n) is 13.7. The molecule has 8 nitrogen and oxygen atoms in total. The number of ether oxygens (including phenoxy) is 1. The van der Waals surface area contributed by atoms with Crippen molar-refractivity contribution in [1.29, 1.82) is 0 Å². The molecule has 0 amide bonds. The van der Waals surface area contributed by atoms with Crippen molar-refractivity contribution in [2.45, 2.75) is 5.92 Å². The Labute approximate surface area is 145 Å². The molecule has 4 rings (SSSR count). The smallest absolute Gasteiger partial charge is 0.226 e. The van der Waals surface area contributed by atoms with Gasteiger partial charge in [0.15, 0.2) is 0 Å². The minimum Gasteiger partial charge on any atom is -0.378 e. The van der Waals surface area contributed by atoms with E-state index in [4.69, 9.17) is 20.4 Å². The topological polar surface area (TPSA) is 102 Å². The van der Waals surface area contributed by atoms with Crippen LogP contribution in [-0.2, 0) is 4.74 Å². The van der Waals surface area contributed by atoms with Crippen LogP contribution in [0.25, 0.3) is 11.3 Å². The minimum atomic E-state index is 0.140. The zero-order valence-corrected chi connectivity index (χ0v) is 13.7. The second-order valence-electron chi connectivity index (χ2n) is 5.91. The third kappa shape index (κ3) is 3.48. The molecule has 25 heavy (non-hydrogen) atoms. The number of nitrogens with zero attached hydrogens (tertiary/aromatic N) is 6. The van der Waals surface area contributed by atoms with E-state index in [2.05, 4.69) is 25.9 Å². The number of anilines is 2. The van der Waals surface area contributed by atoms with E-state index >= 15 is 0 Å². The van der Waals surface area contributed by atoms with Crippen LogP contribution in [0.1, 0.15) is 11.6 Å². The highest BCUT2D eigenvalue weighted by Gasteiger charge is 2.19. The number of hydrogen-bond acceptors (Lipinski definition) is 8. The predicted molar refractivity (Wildman–Crippen MR) is 95.7 cm³/mol. The molecule has 1 atom stereocenters. The van der Waals surface area contributed by atoms with Crippen molar-refractivity contribution in [3.8, 4) is 11.3 Å². The number of rotatable bonds is 3. The summed E-state index contributed by atoms with van der Waals surface area (Å²) in [6, 6.07) is 1.98. The highest BCUT2D eigenvalue weighted by molar-refractivity contribution is 5.72. The van der Waals surface area contributed by atoms with Gasteiger partial charge >= 0.3 is 0 Å². The molecule has 1 fully saturated rings. The Morgan fingerprint density at radius 3 is 2.64 bits per heavy atom. The first-order chi connectivity index (χ1) is 12.3. The average molecular weight is 337 g/mol. The van der Waals surface area contributed by atoms with Crippen LogP contribution in [0, 0.1) is 0 Å². The Kier molecular flexibility index (Phi) is 4.34. The Morgan fingerprint density at radius 1 is 1.12 bits per heavy atom. The molecule has 1 unspecified atom stereocenters. The first-order valence-corrected chi connectivity index (χ1v) is 8.26. The lowest BCUT2D eigenvalue weighted by molar-refractivity contribution is 0.122. The number of dihydropyridines is 1. The largest absolute Gasteiger partial charge is 0.378 e. The van der Waals surface area contributed by atoms with Gasteiger partial charge in [-0.15, -0.1) is 0 Å². The molecule has 0 radical (unpaired) electrons. The molecule has 0 saturated carbocycles. The maximum atomic E-state index is 5.60. The fourth-order valence-corrected chi connectivity index (χ4v) is 2.84. The molecule has 2 N–H and O–H groups in total. The van der Waals surface area contributed by atoms with E-state index < -0.39 is 0 Å².